The Bertz CT molecular complexity index is 1250. The molecular weight excluding hydrogens is 464 g/mol. The lowest BCUT2D eigenvalue weighted by molar-refractivity contribution is -0.137. The maximum atomic E-state index is 12.7. The Hall–Kier alpha value is -4.11. The predicted molar refractivity (Wildman–Crippen MR) is 133 cm³/mol. The van der Waals surface area contributed by atoms with Crippen molar-refractivity contribution >= 4 is 34.2 Å². The van der Waals surface area contributed by atoms with Crippen molar-refractivity contribution < 1.29 is 33.3 Å². The van der Waals surface area contributed by atoms with Crippen LogP contribution in [0.4, 0.5) is 5.69 Å². The van der Waals surface area contributed by atoms with Gasteiger partial charge in [0, 0.05) is 24.2 Å². The molecule has 9 heteroatoms. The highest BCUT2D eigenvalue weighted by Crippen LogP contribution is 2.29. The van der Waals surface area contributed by atoms with Crippen molar-refractivity contribution in [1.82, 2.24) is 4.90 Å². The molecule has 36 heavy (non-hydrogen) atoms. The first-order valence-electron chi connectivity index (χ1n) is 11.6. The van der Waals surface area contributed by atoms with Crippen LogP contribution in [0.1, 0.15) is 17.3 Å². The number of nitrogens with one attached hydrogen (secondary N) is 1. The highest BCUT2D eigenvalue weighted by molar-refractivity contribution is 6.04. The zero-order valence-electron chi connectivity index (χ0n) is 20.2. The van der Waals surface area contributed by atoms with Gasteiger partial charge in [-0.05, 0) is 36.6 Å². The number of hydrogen-bond donors (Lipinski definition) is 1. The molecule has 3 aromatic rings. The number of methoxy groups -OCH3 is 1. The molecule has 1 aliphatic rings. The summed E-state index contributed by atoms with van der Waals surface area (Å²) in [7, 11) is 1.43. The van der Waals surface area contributed by atoms with Crippen LogP contribution in [0.3, 0.4) is 0 Å². The van der Waals surface area contributed by atoms with Crippen LogP contribution in [0.25, 0.3) is 10.8 Å². The monoisotopic (exact) mass is 492 g/mol. The molecule has 188 valence electrons. The molecule has 0 aliphatic carbocycles. The number of morpholine rings is 1. The van der Waals surface area contributed by atoms with Gasteiger partial charge in [-0.3, -0.25) is 9.59 Å². The predicted octanol–water partition coefficient (Wildman–Crippen LogP) is 3.27. The van der Waals surface area contributed by atoms with Crippen molar-refractivity contribution in [3.05, 3.63) is 66.2 Å². The van der Waals surface area contributed by atoms with Gasteiger partial charge in [0.2, 0.25) is 0 Å². The van der Waals surface area contributed by atoms with Crippen LogP contribution in [0, 0.1) is 0 Å². The van der Waals surface area contributed by atoms with E-state index in [-0.39, 0.29) is 23.8 Å². The molecule has 3 aromatic carbocycles. The van der Waals surface area contributed by atoms with E-state index in [2.05, 4.69) is 5.32 Å². The first-order valence-corrected chi connectivity index (χ1v) is 11.6. The lowest BCUT2D eigenvalue weighted by Gasteiger charge is -2.26. The lowest BCUT2D eigenvalue weighted by atomic mass is 10.1. The molecule has 4 rings (SSSR count). The Balaban J connectivity index is 1.36. The topological polar surface area (TPSA) is 103 Å². The second-order valence-electron chi connectivity index (χ2n) is 8.21. The van der Waals surface area contributed by atoms with Crippen LogP contribution in [0.15, 0.2) is 60.7 Å². The minimum Gasteiger partial charge on any atom is -0.493 e. The molecule has 0 bridgehead atoms. The summed E-state index contributed by atoms with van der Waals surface area (Å²) >= 11 is 0. The Morgan fingerprint density at radius 1 is 1.00 bits per heavy atom. The minimum atomic E-state index is -1.04. The molecule has 1 fully saturated rings. The molecule has 1 saturated heterocycles. The Morgan fingerprint density at radius 3 is 2.53 bits per heavy atom. The van der Waals surface area contributed by atoms with Crippen molar-refractivity contribution in [3.63, 3.8) is 0 Å². The van der Waals surface area contributed by atoms with E-state index in [0.29, 0.717) is 37.7 Å². The van der Waals surface area contributed by atoms with E-state index in [1.165, 1.54) is 32.2 Å². The summed E-state index contributed by atoms with van der Waals surface area (Å²) in [5.41, 5.74) is 0.819. The van der Waals surface area contributed by atoms with Crippen molar-refractivity contribution in [2.75, 3.05) is 45.3 Å². The van der Waals surface area contributed by atoms with E-state index in [1.807, 2.05) is 36.4 Å². The molecule has 0 aromatic heterocycles. The fourth-order valence-corrected chi connectivity index (χ4v) is 3.81. The number of rotatable bonds is 8. The van der Waals surface area contributed by atoms with E-state index in [0.717, 1.165) is 10.8 Å². The van der Waals surface area contributed by atoms with Crippen LogP contribution < -0.4 is 14.8 Å². The largest absolute Gasteiger partial charge is 0.493 e. The van der Waals surface area contributed by atoms with Crippen LogP contribution >= 0.6 is 0 Å². The normalized spacial score (nSPS) is 14.1. The maximum absolute atomic E-state index is 12.7. The third-order valence-electron chi connectivity index (χ3n) is 5.81. The van der Waals surface area contributed by atoms with Gasteiger partial charge in [-0.2, -0.15) is 0 Å². The Morgan fingerprint density at radius 2 is 1.75 bits per heavy atom. The zero-order chi connectivity index (χ0) is 25.5. The lowest BCUT2D eigenvalue weighted by Crippen LogP contribution is -2.43. The van der Waals surface area contributed by atoms with E-state index in [9.17, 15) is 14.4 Å². The summed E-state index contributed by atoms with van der Waals surface area (Å²) in [4.78, 5) is 39.4. The molecule has 0 saturated carbocycles. The average Bonchev–Trinajstić information content (AvgIpc) is 2.92. The summed E-state index contributed by atoms with van der Waals surface area (Å²) in [6.07, 6.45) is -1.04. The van der Waals surface area contributed by atoms with Gasteiger partial charge in [0.15, 0.2) is 24.2 Å². The molecule has 0 unspecified atom stereocenters. The fourth-order valence-electron chi connectivity index (χ4n) is 3.81. The molecule has 0 spiro atoms. The van der Waals surface area contributed by atoms with Crippen LogP contribution in [0.2, 0.25) is 0 Å². The highest BCUT2D eigenvalue weighted by Gasteiger charge is 2.22. The van der Waals surface area contributed by atoms with E-state index < -0.39 is 18.0 Å². The molecule has 2 amide bonds. The van der Waals surface area contributed by atoms with Crippen molar-refractivity contribution in [1.29, 1.82) is 0 Å². The smallest absolute Gasteiger partial charge is 0.339 e. The summed E-state index contributed by atoms with van der Waals surface area (Å²) < 4.78 is 21.6. The van der Waals surface area contributed by atoms with Gasteiger partial charge in [0.25, 0.3) is 11.8 Å². The number of nitrogens with zero attached hydrogens (tertiary/aromatic N) is 1. The van der Waals surface area contributed by atoms with E-state index in [4.69, 9.17) is 18.9 Å². The molecule has 0 radical (unpaired) electrons. The fraction of sp³-hybridized carbons (Fsp3) is 0.296. The van der Waals surface area contributed by atoms with Gasteiger partial charge in [0.1, 0.15) is 0 Å². The van der Waals surface area contributed by atoms with Gasteiger partial charge in [0.05, 0.1) is 25.9 Å². The average molecular weight is 493 g/mol. The Kier molecular flexibility index (Phi) is 8.02. The summed E-state index contributed by atoms with van der Waals surface area (Å²) in [6.45, 7) is 3.40. The van der Waals surface area contributed by atoms with E-state index >= 15 is 0 Å². The number of carbonyl (C=O) groups excluding carboxylic acids is 3. The number of hydrogen-bond acceptors (Lipinski definition) is 7. The van der Waals surface area contributed by atoms with E-state index in [1.54, 1.807) is 11.0 Å². The number of amides is 2. The van der Waals surface area contributed by atoms with Gasteiger partial charge in [-0.1, -0.05) is 36.4 Å². The summed E-state index contributed by atoms with van der Waals surface area (Å²) in [5.74, 6) is -0.711. The molecule has 1 N–H and O–H groups in total. The third kappa shape index (κ3) is 5.92. The first-order chi connectivity index (χ1) is 17.5. The van der Waals surface area contributed by atoms with Crippen molar-refractivity contribution in [3.8, 4) is 11.5 Å². The third-order valence-corrected chi connectivity index (χ3v) is 5.81. The Labute approximate surface area is 208 Å². The first kappa shape index (κ1) is 25.0. The van der Waals surface area contributed by atoms with Gasteiger partial charge >= 0.3 is 5.97 Å². The van der Waals surface area contributed by atoms with Crippen LogP contribution in [0.5, 0.6) is 11.5 Å². The van der Waals surface area contributed by atoms with Gasteiger partial charge < -0.3 is 29.2 Å². The van der Waals surface area contributed by atoms with Crippen molar-refractivity contribution in [2.45, 2.75) is 13.0 Å². The standard InChI is InChI=1S/C27H28N2O7/c1-18(26(31)28-22-9-5-7-19-6-3-4-8-21(19)22)36-27(32)20-10-11-23(24(16-20)33-2)35-17-25(30)29-12-14-34-15-13-29/h3-11,16,18H,12-15,17H2,1-2H3,(H,28,31)/t18-/m0/s1. The second kappa shape index (κ2) is 11.5. The molecule has 1 aliphatic heterocycles. The highest BCUT2D eigenvalue weighted by atomic mass is 16.5. The minimum absolute atomic E-state index is 0.158. The SMILES string of the molecule is COc1cc(C(=O)O[C@@H](C)C(=O)Nc2cccc3ccccc23)ccc1OCC(=O)N1CCOCC1. The van der Waals surface area contributed by atoms with Gasteiger partial charge in [-0.15, -0.1) is 0 Å². The number of carbonyl (C=O) groups is 3. The number of anilines is 1. The van der Waals surface area contributed by atoms with Crippen LogP contribution in [-0.2, 0) is 19.1 Å². The number of esters is 1. The molecule has 1 atom stereocenters. The number of ether oxygens (including phenoxy) is 4. The molecule has 9 nitrogen and oxygen atoms in total. The molecular formula is C27H28N2O7. The maximum Gasteiger partial charge on any atom is 0.339 e. The van der Waals surface area contributed by atoms with Crippen LogP contribution in [-0.4, -0.2) is 68.8 Å². The van der Waals surface area contributed by atoms with Gasteiger partial charge in [-0.25, -0.2) is 4.79 Å². The second-order valence-corrected chi connectivity index (χ2v) is 8.21. The molecule has 1 heterocycles. The zero-order valence-corrected chi connectivity index (χ0v) is 20.2. The quantitative estimate of drug-likeness (QED) is 0.482. The number of fused-ring (bicyclic) bond motifs is 1. The summed E-state index contributed by atoms with van der Waals surface area (Å²) in [5, 5.41) is 4.70. The number of benzene rings is 3. The summed E-state index contributed by atoms with van der Waals surface area (Å²) in [6, 6.07) is 17.7. The van der Waals surface area contributed by atoms with Crippen molar-refractivity contribution in [2.24, 2.45) is 0 Å².